The lowest BCUT2D eigenvalue weighted by molar-refractivity contribution is -0.138. The first-order valence-corrected chi connectivity index (χ1v) is 9.88. The third-order valence-electron chi connectivity index (χ3n) is 5.68. The van der Waals surface area contributed by atoms with E-state index in [0.717, 1.165) is 43.4 Å². The molecule has 28 heavy (non-hydrogen) atoms. The fourth-order valence-electron chi connectivity index (χ4n) is 4.14. The molecular formula is C22H27N3O3. The van der Waals surface area contributed by atoms with Gasteiger partial charge in [0.1, 0.15) is 5.69 Å². The number of carbonyl (C=O) groups is 2. The van der Waals surface area contributed by atoms with Crippen LogP contribution in [0.3, 0.4) is 0 Å². The van der Waals surface area contributed by atoms with Crippen molar-refractivity contribution >= 4 is 11.9 Å². The van der Waals surface area contributed by atoms with Gasteiger partial charge in [0, 0.05) is 12.0 Å². The Balaban J connectivity index is 1.79. The van der Waals surface area contributed by atoms with Crippen molar-refractivity contribution in [2.24, 2.45) is 11.7 Å². The molecule has 0 radical (unpaired) electrons. The maximum atomic E-state index is 11.6. The van der Waals surface area contributed by atoms with Crippen LogP contribution < -0.4 is 5.73 Å². The summed E-state index contributed by atoms with van der Waals surface area (Å²) in [5.74, 6) is -0.497. The van der Waals surface area contributed by atoms with Gasteiger partial charge >= 0.3 is 5.97 Å². The fraction of sp³-hybridized carbons (Fsp3) is 0.455. The molecular weight excluding hydrogens is 354 g/mol. The molecule has 1 fully saturated rings. The minimum absolute atomic E-state index is 0.216. The van der Waals surface area contributed by atoms with Crippen LogP contribution in [0.25, 0.3) is 11.3 Å². The number of rotatable bonds is 6. The number of aromatic nitrogens is 2. The molecule has 6 nitrogen and oxygen atoms in total. The average Bonchev–Trinajstić information content (AvgIpc) is 2.68. The number of aliphatic carboxylic acids is 1. The van der Waals surface area contributed by atoms with E-state index in [0.29, 0.717) is 23.2 Å². The Morgan fingerprint density at radius 1 is 1.11 bits per heavy atom. The molecule has 148 valence electrons. The number of aryl methyl sites for hydroxylation is 2. The van der Waals surface area contributed by atoms with E-state index in [2.05, 4.69) is 22.1 Å². The number of carbonyl (C=O) groups excluding carboxylic acids is 1. The molecule has 1 saturated carbocycles. The van der Waals surface area contributed by atoms with Gasteiger partial charge in [0.2, 0.25) is 0 Å². The van der Waals surface area contributed by atoms with E-state index in [-0.39, 0.29) is 12.1 Å². The first-order chi connectivity index (χ1) is 13.4. The van der Waals surface area contributed by atoms with Crippen molar-refractivity contribution in [2.75, 3.05) is 0 Å². The number of nitrogens with zero attached hydrogens (tertiary/aromatic N) is 2. The minimum Gasteiger partial charge on any atom is -0.481 e. The zero-order chi connectivity index (χ0) is 20.3. The smallest absolute Gasteiger partial charge is 0.303 e. The molecule has 0 aliphatic heterocycles. The number of amides is 1. The highest BCUT2D eigenvalue weighted by atomic mass is 16.4. The summed E-state index contributed by atoms with van der Waals surface area (Å²) in [5.41, 5.74) is 9.97. The Bertz CT molecular complexity index is 869. The molecule has 1 aromatic carbocycles. The van der Waals surface area contributed by atoms with Crippen molar-refractivity contribution in [1.29, 1.82) is 0 Å². The largest absolute Gasteiger partial charge is 0.481 e. The van der Waals surface area contributed by atoms with Crippen LogP contribution in [-0.4, -0.2) is 27.0 Å². The highest BCUT2D eigenvalue weighted by molar-refractivity contribution is 5.92. The van der Waals surface area contributed by atoms with Crippen molar-refractivity contribution in [1.82, 2.24) is 9.97 Å². The Kier molecular flexibility index (Phi) is 6.07. The molecule has 1 amide bonds. The molecule has 1 heterocycles. The van der Waals surface area contributed by atoms with Crippen molar-refractivity contribution < 1.29 is 14.7 Å². The quantitative estimate of drug-likeness (QED) is 0.790. The topological polar surface area (TPSA) is 106 Å². The molecule has 0 spiro atoms. The van der Waals surface area contributed by atoms with Gasteiger partial charge in [-0.25, -0.2) is 4.98 Å². The van der Waals surface area contributed by atoms with Crippen molar-refractivity contribution in [3.05, 3.63) is 46.9 Å². The second-order valence-electron chi connectivity index (χ2n) is 7.61. The molecule has 1 aliphatic carbocycles. The number of hydrogen-bond acceptors (Lipinski definition) is 4. The van der Waals surface area contributed by atoms with Crippen molar-refractivity contribution in [3.8, 4) is 11.3 Å². The third-order valence-corrected chi connectivity index (χ3v) is 5.68. The Labute approximate surface area is 165 Å². The lowest BCUT2D eigenvalue weighted by Crippen LogP contribution is -2.17. The summed E-state index contributed by atoms with van der Waals surface area (Å²) in [6.07, 6.45) is 4.97. The Morgan fingerprint density at radius 2 is 1.75 bits per heavy atom. The normalized spacial score (nSPS) is 19.4. The second-order valence-corrected chi connectivity index (χ2v) is 7.61. The summed E-state index contributed by atoms with van der Waals surface area (Å²) in [4.78, 5) is 31.6. The third kappa shape index (κ3) is 4.38. The Morgan fingerprint density at radius 3 is 2.29 bits per heavy atom. The molecule has 6 heteroatoms. The molecule has 0 unspecified atom stereocenters. The number of carboxylic acids is 1. The van der Waals surface area contributed by atoms with Crippen LogP contribution in [-0.2, 0) is 11.2 Å². The van der Waals surface area contributed by atoms with Gasteiger partial charge in [-0.05, 0) is 56.4 Å². The maximum Gasteiger partial charge on any atom is 0.303 e. The summed E-state index contributed by atoms with van der Waals surface area (Å²) in [6.45, 7) is 3.76. The predicted octanol–water partition coefficient (Wildman–Crippen LogP) is 3.86. The van der Waals surface area contributed by atoms with Gasteiger partial charge < -0.3 is 10.8 Å². The number of hydrogen-bond donors (Lipinski definition) is 2. The Hall–Kier alpha value is -2.76. The zero-order valence-electron chi connectivity index (χ0n) is 16.4. The van der Waals surface area contributed by atoms with Crippen LogP contribution in [0.1, 0.15) is 72.4 Å². The van der Waals surface area contributed by atoms with Crippen LogP contribution in [0.4, 0.5) is 0 Å². The number of nitrogens with two attached hydrogens (primary N) is 1. The van der Waals surface area contributed by atoms with Crippen LogP contribution in [0.15, 0.2) is 24.3 Å². The molecule has 3 rings (SSSR count). The summed E-state index contributed by atoms with van der Waals surface area (Å²) < 4.78 is 0. The average molecular weight is 381 g/mol. The van der Waals surface area contributed by atoms with E-state index in [4.69, 9.17) is 10.8 Å². The number of benzene rings is 1. The lowest BCUT2D eigenvalue weighted by Gasteiger charge is -2.28. The summed E-state index contributed by atoms with van der Waals surface area (Å²) in [6, 6.07) is 8.29. The van der Waals surface area contributed by atoms with Crippen LogP contribution in [0, 0.1) is 12.8 Å². The van der Waals surface area contributed by atoms with E-state index < -0.39 is 11.9 Å². The zero-order valence-corrected chi connectivity index (χ0v) is 16.4. The second kappa shape index (κ2) is 8.50. The number of primary amides is 1. The van der Waals surface area contributed by atoms with Crippen LogP contribution >= 0.6 is 0 Å². The highest BCUT2D eigenvalue weighted by Crippen LogP contribution is 2.37. The molecule has 2 aromatic rings. The van der Waals surface area contributed by atoms with Crippen molar-refractivity contribution in [3.63, 3.8) is 0 Å². The molecule has 3 N–H and O–H groups in total. The van der Waals surface area contributed by atoms with Gasteiger partial charge in [-0.1, -0.05) is 31.2 Å². The van der Waals surface area contributed by atoms with Crippen molar-refractivity contribution in [2.45, 2.75) is 58.3 Å². The van der Waals surface area contributed by atoms with E-state index in [9.17, 15) is 9.59 Å². The molecule has 0 bridgehead atoms. The molecule has 0 saturated heterocycles. The first kappa shape index (κ1) is 20.0. The SMILES string of the molecule is CCc1nc(C)c(C(N)=O)nc1-c1ccc([C@H]2CC[C@H](CC(=O)O)CC2)cc1. The molecule has 1 aromatic heterocycles. The van der Waals surface area contributed by atoms with Crippen LogP contribution in [0.2, 0.25) is 0 Å². The number of carboxylic acid groups (broad SMARTS) is 1. The first-order valence-electron chi connectivity index (χ1n) is 9.88. The van der Waals surface area contributed by atoms with Gasteiger partial charge in [-0.3, -0.25) is 14.6 Å². The molecule has 0 atom stereocenters. The van der Waals surface area contributed by atoms with Gasteiger partial charge in [-0.15, -0.1) is 0 Å². The van der Waals surface area contributed by atoms with Gasteiger partial charge in [0.15, 0.2) is 0 Å². The van der Waals surface area contributed by atoms with E-state index >= 15 is 0 Å². The summed E-state index contributed by atoms with van der Waals surface area (Å²) >= 11 is 0. The van der Waals surface area contributed by atoms with Gasteiger partial charge in [-0.2, -0.15) is 0 Å². The minimum atomic E-state index is -0.700. The summed E-state index contributed by atoms with van der Waals surface area (Å²) in [5, 5.41) is 8.96. The van der Waals surface area contributed by atoms with E-state index in [1.807, 2.05) is 19.1 Å². The lowest BCUT2D eigenvalue weighted by atomic mass is 9.77. The van der Waals surface area contributed by atoms with Crippen LogP contribution in [0.5, 0.6) is 0 Å². The van der Waals surface area contributed by atoms with E-state index in [1.165, 1.54) is 5.56 Å². The standard InChI is InChI=1S/C22H27N3O3/c1-3-18-21(25-20(22(23)28)13(2)24-18)17-10-8-16(9-11-17)15-6-4-14(5-7-15)12-19(26)27/h8-11,14-15H,3-7,12H2,1-2H3,(H2,23,28)(H,26,27)/t14-,15-. The molecule has 1 aliphatic rings. The van der Waals surface area contributed by atoms with E-state index in [1.54, 1.807) is 6.92 Å². The summed E-state index contributed by atoms with van der Waals surface area (Å²) in [7, 11) is 0. The van der Waals surface area contributed by atoms with Gasteiger partial charge in [0.05, 0.1) is 17.1 Å². The van der Waals surface area contributed by atoms with Gasteiger partial charge in [0.25, 0.3) is 5.91 Å². The monoisotopic (exact) mass is 381 g/mol. The predicted molar refractivity (Wildman–Crippen MR) is 107 cm³/mol. The highest BCUT2D eigenvalue weighted by Gasteiger charge is 2.24. The maximum absolute atomic E-state index is 11.6. The fourth-order valence-corrected chi connectivity index (χ4v) is 4.14.